The quantitative estimate of drug-likeness (QED) is 0.0373. The fourth-order valence-corrected chi connectivity index (χ4v) is 9.94. The first-order valence-corrected chi connectivity index (χ1v) is 32.8. The minimum atomic E-state index is -0.768. The highest BCUT2D eigenvalue weighted by molar-refractivity contribution is 5.70. The van der Waals surface area contributed by atoms with E-state index < -0.39 is 6.10 Å². The predicted octanol–water partition coefficient (Wildman–Crippen LogP) is 22.5. The third kappa shape index (κ3) is 62.1. The Morgan fingerprint density at radius 3 is 0.878 bits per heavy atom. The third-order valence-corrected chi connectivity index (χ3v) is 14.8. The Bertz CT molecular complexity index is 1260. The summed E-state index contributed by atoms with van der Waals surface area (Å²) in [6.07, 6.45) is 88.2. The van der Waals surface area contributed by atoms with Gasteiger partial charge in [0.2, 0.25) is 0 Å². The Hall–Kier alpha value is -2.40. The number of rotatable bonds is 61. The summed E-state index contributed by atoms with van der Waals surface area (Å²) < 4.78 is 10.7. The molecular weight excluding hydrogens is 909 g/mol. The van der Waals surface area contributed by atoms with Crippen molar-refractivity contribution in [1.29, 1.82) is 0 Å². The lowest BCUT2D eigenvalue weighted by Crippen LogP contribution is -2.28. The predicted molar refractivity (Wildman–Crippen MR) is 325 cm³/mol. The smallest absolute Gasteiger partial charge is 0.306 e. The number of ether oxygens (including phenoxy) is 2. The Morgan fingerprint density at radius 2 is 0.581 bits per heavy atom. The van der Waals surface area contributed by atoms with Crippen LogP contribution in [0, 0.1) is 0 Å². The normalized spacial score (nSPS) is 12.5. The second-order valence-electron chi connectivity index (χ2n) is 22.2. The van der Waals surface area contributed by atoms with Crippen LogP contribution in [0.2, 0.25) is 0 Å². The number of hydrogen-bond acceptors (Lipinski definition) is 5. The largest absolute Gasteiger partial charge is 0.462 e. The van der Waals surface area contributed by atoms with Gasteiger partial charge < -0.3 is 14.6 Å². The van der Waals surface area contributed by atoms with E-state index in [2.05, 4.69) is 74.6 Å². The molecule has 0 rings (SSSR count). The maximum atomic E-state index is 12.3. The zero-order valence-electron chi connectivity index (χ0n) is 49.6. The topological polar surface area (TPSA) is 72.8 Å². The van der Waals surface area contributed by atoms with Gasteiger partial charge in [-0.1, -0.05) is 338 Å². The van der Waals surface area contributed by atoms with Crippen LogP contribution < -0.4 is 0 Å². The molecule has 0 bridgehead atoms. The fraction of sp³-hybridized carbons (Fsp3) is 0.826. The van der Waals surface area contributed by atoms with Crippen LogP contribution in [0.1, 0.15) is 348 Å². The summed E-state index contributed by atoms with van der Waals surface area (Å²) >= 11 is 0. The first kappa shape index (κ1) is 71.6. The lowest BCUT2D eigenvalue weighted by atomic mass is 10.0. The lowest BCUT2D eigenvalue weighted by Gasteiger charge is -2.15. The molecule has 0 aliphatic rings. The highest BCUT2D eigenvalue weighted by atomic mass is 16.6. The van der Waals surface area contributed by atoms with Crippen molar-refractivity contribution < 1.29 is 24.2 Å². The summed E-state index contributed by atoms with van der Waals surface area (Å²) in [5.74, 6) is -0.568. The van der Waals surface area contributed by atoms with Gasteiger partial charge in [-0.25, -0.2) is 0 Å². The number of aliphatic hydroxyl groups is 1. The average Bonchev–Trinajstić information content (AvgIpc) is 3.40. The van der Waals surface area contributed by atoms with Crippen LogP contribution in [0.5, 0.6) is 0 Å². The van der Waals surface area contributed by atoms with Crippen LogP contribution in [-0.2, 0) is 19.1 Å². The molecule has 0 saturated heterocycles. The molecule has 0 radical (unpaired) electrons. The Labute approximate surface area is 461 Å². The van der Waals surface area contributed by atoms with E-state index in [1.807, 2.05) is 0 Å². The summed E-state index contributed by atoms with van der Waals surface area (Å²) in [4.78, 5) is 24.6. The maximum absolute atomic E-state index is 12.3. The number of carbonyl (C=O) groups excluding carboxylic acids is 2. The van der Waals surface area contributed by atoms with Crippen LogP contribution in [0.4, 0.5) is 0 Å². The molecule has 0 amide bonds. The van der Waals surface area contributed by atoms with Crippen molar-refractivity contribution in [1.82, 2.24) is 0 Å². The van der Waals surface area contributed by atoms with Crippen molar-refractivity contribution in [2.24, 2.45) is 0 Å². The zero-order valence-corrected chi connectivity index (χ0v) is 49.6. The van der Waals surface area contributed by atoms with Crippen LogP contribution in [0.25, 0.3) is 0 Å². The fourth-order valence-electron chi connectivity index (χ4n) is 9.94. The highest BCUT2D eigenvalue weighted by Crippen LogP contribution is 2.18. The van der Waals surface area contributed by atoms with E-state index in [0.717, 1.165) is 64.2 Å². The van der Waals surface area contributed by atoms with E-state index in [1.165, 1.54) is 257 Å². The molecule has 0 spiro atoms. The van der Waals surface area contributed by atoms with Gasteiger partial charge in [0.25, 0.3) is 0 Å². The second-order valence-corrected chi connectivity index (χ2v) is 22.2. The molecule has 0 aliphatic heterocycles. The van der Waals surface area contributed by atoms with Gasteiger partial charge in [-0.2, -0.15) is 0 Å². The van der Waals surface area contributed by atoms with Crippen molar-refractivity contribution in [3.05, 3.63) is 60.8 Å². The van der Waals surface area contributed by atoms with Crippen LogP contribution in [0.3, 0.4) is 0 Å². The van der Waals surface area contributed by atoms with Gasteiger partial charge in [-0.05, 0) is 57.8 Å². The van der Waals surface area contributed by atoms with Gasteiger partial charge in [0.15, 0.2) is 6.10 Å². The SMILES string of the molecule is CC/C=C\C/C=C\C/C=C\C/C=C\C/C=C\CCCCCCCCCCCCCCCCCCCCCCCCCCCC(=O)OC(CO)COC(=O)CCCCCCCCCCCCCCCCCCCCC. The number of hydrogen-bond donors (Lipinski definition) is 1. The van der Waals surface area contributed by atoms with Crippen LogP contribution >= 0.6 is 0 Å². The molecule has 0 saturated carbocycles. The third-order valence-electron chi connectivity index (χ3n) is 14.8. The van der Waals surface area contributed by atoms with Gasteiger partial charge in [0.1, 0.15) is 6.61 Å². The number of unbranched alkanes of at least 4 members (excludes halogenated alkanes) is 43. The molecule has 0 fully saturated rings. The van der Waals surface area contributed by atoms with E-state index in [-0.39, 0.29) is 25.2 Å². The summed E-state index contributed by atoms with van der Waals surface area (Å²) in [5.41, 5.74) is 0. The minimum absolute atomic E-state index is 0.0591. The monoisotopic (exact) mass is 1030 g/mol. The summed E-state index contributed by atoms with van der Waals surface area (Å²) in [6.45, 7) is 4.08. The molecule has 0 aromatic rings. The molecule has 5 heteroatoms. The van der Waals surface area contributed by atoms with Gasteiger partial charge in [0, 0.05) is 12.8 Å². The lowest BCUT2D eigenvalue weighted by molar-refractivity contribution is -0.161. The van der Waals surface area contributed by atoms with Crippen molar-refractivity contribution in [2.45, 2.75) is 354 Å². The molecule has 1 unspecified atom stereocenters. The number of allylic oxidation sites excluding steroid dienone is 10. The molecule has 1 atom stereocenters. The molecule has 5 nitrogen and oxygen atoms in total. The van der Waals surface area contributed by atoms with E-state index in [4.69, 9.17) is 9.47 Å². The number of aliphatic hydroxyl groups excluding tert-OH is 1. The van der Waals surface area contributed by atoms with Gasteiger partial charge in [-0.15, -0.1) is 0 Å². The number of carbonyl (C=O) groups is 2. The molecule has 432 valence electrons. The zero-order chi connectivity index (χ0) is 53.4. The van der Waals surface area contributed by atoms with Gasteiger partial charge >= 0.3 is 11.9 Å². The number of esters is 2. The van der Waals surface area contributed by atoms with Gasteiger partial charge in [-0.3, -0.25) is 9.59 Å². The first-order valence-electron chi connectivity index (χ1n) is 32.8. The van der Waals surface area contributed by atoms with Crippen LogP contribution in [-0.4, -0.2) is 36.4 Å². The molecule has 0 aliphatic carbocycles. The van der Waals surface area contributed by atoms with Crippen LogP contribution in [0.15, 0.2) is 60.8 Å². The summed E-state index contributed by atoms with van der Waals surface area (Å²) in [5, 5.41) is 9.67. The van der Waals surface area contributed by atoms with Crippen molar-refractivity contribution in [3.8, 4) is 0 Å². The highest BCUT2D eigenvalue weighted by Gasteiger charge is 2.16. The van der Waals surface area contributed by atoms with Gasteiger partial charge in [0.05, 0.1) is 6.61 Å². The molecular formula is C69H126O5. The first-order chi connectivity index (χ1) is 36.6. The van der Waals surface area contributed by atoms with E-state index in [1.54, 1.807) is 0 Å². The molecule has 74 heavy (non-hydrogen) atoms. The maximum Gasteiger partial charge on any atom is 0.306 e. The summed E-state index contributed by atoms with van der Waals surface area (Å²) in [7, 11) is 0. The molecule has 1 N–H and O–H groups in total. The van der Waals surface area contributed by atoms with Crippen molar-refractivity contribution >= 4 is 11.9 Å². The molecule has 0 heterocycles. The Morgan fingerprint density at radius 1 is 0.324 bits per heavy atom. The Balaban J connectivity index is 3.38. The van der Waals surface area contributed by atoms with E-state index >= 15 is 0 Å². The second kappa shape index (κ2) is 64.9. The van der Waals surface area contributed by atoms with E-state index in [0.29, 0.717) is 12.8 Å². The molecule has 0 aromatic heterocycles. The summed E-state index contributed by atoms with van der Waals surface area (Å²) in [6, 6.07) is 0. The van der Waals surface area contributed by atoms with E-state index in [9.17, 15) is 14.7 Å². The minimum Gasteiger partial charge on any atom is -0.462 e. The average molecular weight is 1040 g/mol. The van der Waals surface area contributed by atoms with Crippen molar-refractivity contribution in [3.63, 3.8) is 0 Å². The van der Waals surface area contributed by atoms with Crippen molar-refractivity contribution in [2.75, 3.05) is 13.2 Å². The standard InChI is InChI=1S/C69H126O5/c1-3-5-7-9-11-13-15-17-19-21-23-24-25-26-27-28-29-30-31-32-33-34-35-36-37-38-39-40-41-42-43-44-46-48-50-52-54-56-58-60-62-64-69(72)74-67(65-70)66-73-68(71)63-61-59-57-55-53-51-49-47-45-22-20-18-16-14-12-10-8-6-4-2/h5,7,11,13,17,19,23-24,26-27,67,70H,3-4,6,8-10,12,14-16,18,20-22,25,28-66H2,1-2H3/b7-5-,13-11-,19-17-,24-23-,27-26-. The molecule has 0 aromatic carbocycles. The Kier molecular flexibility index (Phi) is 62.8.